The molecule has 3 heterocycles. The molecule has 2 N–H and O–H groups in total. The van der Waals surface area contributed by atoms with Crippen LogP contribution >= 0.6 is 11.6 Å². The molecule has 1 saturated carbocycles. The molecule has 3 atom stereocenters. The third-order valence-electron chi connectivity index (χ3n) is 9.53. The number of sulfonamides is 1. The molecule has 5 aromatic rings. The van der Waals surface area contributed by atoms with E-state index in [0.717, 1.165) is 18.4 Å². The highest BCUT2D eigenvalue weighted by atomic mass is 35.5. The van der Waals surface area contributed by atoms with Crippen molar-refractivity contribution in [2.45, 2.75) is 50.1 Å². The number of fused-ring (bicyclic) bond motifs is 4. The predicted molar refractivity (Wildman–Crippen MR) is 180 cm³/mol. The summed E-state index contributed by atoms with van der Waals surface area (Å²) in [5.41, 5.74) is -0.909. The minimum Gasteiger partial charge on any atom is -0.346 e. The van der Waals surface area contributed by atoms with Crippen LogP contribution < -0.4 is 10.0 Å². The van der Waals surface area contributed by atoms with Crippen LogP contribution in [0.1, 0.15) is 65.0 Å². The minimum atomic E-state index is -3.82. The normalized spacial score (nSPS) is 18.0. The number of nitrogens with one attached hydrogen (secondary N) is 2. The largest absolute Gasteiger partial charge is 0.346 e. The van der Waals surface area contributed by atoms with Gasteiger partial charge in [-0.15, -0.1) is 0 Å². The third-order valence-corrected chi connectivity index (χ3v) is 10.4. The Kier molecular flexibility index (Phi) is 8.92. The van der Waals surface area contributed by atoms with Gasteiger partial charge in [0.15, 0.2) is 5.82 Å². The van der Waals surface area contributed by atoms with E-state index in [0.29, 0.717) is 16.3 Å². The van der Waals surface area contributed by atoms with E-state index in [9.17, 15) is 36.0 Å². The van der Waals surface area contributed by atoms with Crippen LogP contribution in [0.15, 0.2) is 42.6 Å². The van der Waals surface area contributed by atoms with E-state index in [1.165, 1.54) is 36.1 Å². The fourth-order valence-corrected chi connectivity index (χ4v) is 8.11. The van der Waals surface area contributed by atoms with Gasteiger partial charge in [0.05, 0.1) is 39.5 Å². The van der Waals surface area contributed by atoms with Gasteiger partial charge in [0.2, 0.25) is 15.9 Å². The third kappa shape index (κ3) is 6.45. The number of hydrogen-bond acceptors (Lipinski definition) is 7. The first kappa shape index (κ1) is 36.2. The summed E-state index contributed by atoms with van der Waals surface area (Å²) in [6.45, 7) is -0.906. The Morgan fingerprint density at radius 1 is 1.09 bits per heavy atom. The van der Waals surface area contributed by atoms with E-state index in [1.54, 1.807) is 0 Å². The molecular formula is C34H27ClF6N8O3S. The highest BCUT2D eigenvalue weighted by molar-refractivity contribution is 7.92. The molecule has 276 valence electrons. The Balaban J connectivity index is 1.35. The Morgan fingerprint density at radius 2 is 1.81 bits per heavy atom. The fourth-order valence-electron chi connectivity index (χ4n) is 7.37. The first-order valence-corrected chi connectivity index (χ1v) is 18.3. The van der Waals surface area contributed by atoms with Crippen molar-refractivity contribution >= 4 is 44.3 Å². The number of aryl methyl sites for hydroxylation is 1. The summed E-state index contributed by atoms with van der Waals surface area (Å²) in [4.78, 5) is 18.2. The second-order valence-electron chi connectivity index (χ2n) is 13.1. The summed E-state index contributed by atoms with van der Waals surface area (Å²) in [5, 5.41) is 20.8. The van der Waals surface area contributed by atoms with Crippen molar-refractivity contribution in [3.05, 3.63) is 93.0 Å². The molecule has 1 amide bonds. The zero-order valence-electron chi connectivity index (χ0n) is 27.6. The Hall–Kier alpha value is -5.15. The minimum absolute atomic E-state index is 0.0341. The van der Waals surface area contributed by atoms with Crippen LogP contribution in [-0.2, 0) is 40.8 Å². The van der Waals surface area contributed by atoms with Gasteiger partial charge in [-0.1, -0.05) is 17.7 Å². The average Bonchev–Trinajstić information content (AvgIpc) is 3.61. The molecule has 0 aliphatic heterocycles. The van der Waals surface area contributed by atoms with Crippen LogP contribution in [-0.4, -0.2) is 45.1 Å². The van der Waals surface area contributed by atoms with Crippen molar-refractivity contribution < 1.29 is 39.6 Å². The number of halogens is 7. The second kappa shape index (κ2) is 13.1. The van der Waals surface area contributed by atoms with E-state index < -0.39 is 75.7 Å². The molecule has 19 heteroatoms. The van der Waals surface area contributed by atoms with E-state index in [-0.39, 0.29) is 69.0 Å². The zero-order valence-corrected chi connectivity index (χ0v) is 29.2. The van der Waals surface area contributed by atoms with Crippen molar-refractivity contribution in [2.75, 3.05) is 11.0 Å². The SMILES string of the molecule is Cn1nc(NS(C)(=O)=O)c2c(Cl)ccc(-c3cc(C#N)cnc3C(Cc3cc(F)cc(F)c3)NC(=O)Cn3nc(C(F)F)c4c3C(F)(F)C3CCC43)c21. The Bertz CT molecular complexity index is 2460. The van der Waals surface area contributed by atoms with Gasteiger partial charge in [0, 0.05) is 41.9 Å². The van der Waals surface area contributed by atoms with E-state index in [1.807, 2.05) is 6.07 Å². The molecule has 2 aromatic carbocycles. The summed E-state index contributed by atoms with van der Waals surface area (Å²) >= 11 is 6.52. The van der Waals surface area contributed by atoms with Gasteiger partial charge in [0.25, 0.3) is 12.3 Å². The number of nitrogens with zero attached hydrogens (tertiary/aromatic N) is 6. The van der Waals surface area contributed by atoms with Crippen molar-refractivity contribution in [3.63, 3.8) is 0 Å². The Morgan fingerprint density at radius 3 is 2.43 bits per heavy atom. The maximum absolute atomic E-state index is 15.5. The highest BCUT2D eigenvalue weighted by Crippen LogP contribution is 2.63. The highest BCUT2D eigenvalue weighted by Gasteiger charge is 2.62. The number of carbonyl (C=O) groups is 1. The molecule has 11 nitrogen and oxygen atoms in total. The lowest BCUT2D eigenvalue weighted by Gasteiger charge is -2.34. The van der Waals surface area contributed by atoms with Gasteiger partial charge >= 0.3 is 0 Å². The number of carbonyl (C=O) groups excluding carboxylic acids is 1. The van der Waals surface area contributed by atoms with E-state index in [4.69, 9.17) is 11.6 Å². The number of benzene rings is 2. The number of hydrogen-bond donors (Lipinski definition) is 2. The lowest BCUT2D eigenvalue weighted by molar-refractivity contribution is -0.123. The van der Waals surface area contributed by atoms with Gasteiger partial charge in [-0.25, -0.2) is 26.0 Å². The molecular weight excluding hydrogens is 750 g/mol. The lowest BCUT2D eigenvalue weighted by atomic mass is 9.73. The van der Waals surface area contributed by atoms with Crippen molar-refractivity contribution in [3.8, 4) is 17.2 Å². The van der Waals surface area contributed by atoms with Crippen LogP contribution in [0.3, 0.4) is 0 Å². The molecule has 2 aliphatic carbocycles. The predicted octanol–water partition coefficient (Wildman–Crippen LogP) is 6.64. The number of alkyl halides is 4. The summed E-state index contributed by atoms with van der Waals surface area (Å²) in [6.07, 6.45) is -0.978. The number of rotatable bonds is 10. The fraction of sp³-hybridized carbons (Fsp3) is 0.324. The summed E-state index contributed by atoms with van der Waals surface area (Å²) < 4.78 is 116. The molecule has 1 fully saturated rings. The quantitative estimate of drug-likeness (QED) is 0.151. The topological polar surface area (TPSA) is 148 Å². The van der Waals surface area contributed by atoms with Gasteiger partial charge in [-0.05, 0) is 55.0 Å². The smallest absolute Gasteiger partial charge is 0.293 e. The van der Waals surface area contributed by atoms with Gasteiger partial charge in [-0.3, -0.25) is 23.9 Å². The number of anilines is 1. The maximum Gasteiger partial charge on any atom is 0.293 e. The number of aromatic nitrogens is 5. The summed E-state index contributed by atoms with van der Waals surface area (Å²) in [5.74, 6) is -8.43. The standard InChI is InChI=1S/C34H27ClF6N8O3S/c1-48-30-19(4-6-23(35)27(30)33(46-48)47-53(2,51)52)21-9-16(12-42)13-43-28(21)24(10-15-7-17(36)11-18(37)8-15)44-25(50)14-49-31-26(29(45-49)32(38)39)20-3-5-22(20)34(31,40)41/h4,6-9,11,13,20,22,24,32H,3,5,10,14H2,1-2H3,(H,44,50)(H,46,47). The van der Waals surface area contributed by atoms with E-state index >= 15 is 8.78 Å². The lowest BCUT2D eigenvalue weighted by Crippen LogP contribution is -2.36. The maximum atomic E-state index is 15.5. The summed E-state index contributed by atoms with van der Waals surface area (Å²) in [7, 11) is -2.32. The molecule has 2 aliphatic rings. The first-order chi connectivity index (χ1) is 25.0. The van der Waals surface area contributed by atoms with Crippen LogP contribution in [0.4, 0.5) is 32.2 Å². The van der Waals surface area contributed by atoms with Gasteiger partial charge < -0.3 is 5.32 Å². The number of amides is 1. The molecule has 0 bridgehead atoms. The van der Waals surface area contributed by atoms with Crippen molar-refractivity contribution in [2.24, 2.45) is 13.0 Å². The molecule has 0 spiro atoms. The van der Waals surface area contributed by atoms with Crippen LogP contribution in [0.25, 0.3) is 22.0 Å². The zero-order chi connectivity index (χ0) is 38.1. The monoisotopic (exact) mass is 776 g/mol. The van der Waals surface area contributed by atoms with E-state index in [2.05, 4.69) is 25.2 Å². The molecule has 7 rings (SSSR count). The summed E-state index contributed by atoms with van der Waals surface area (Å²) in [6, 6.07) is 7.76. The first-order valence-electron chi connectivity index (χ1n) is 16.0. The second-order valence-corrected chi connectivity index (χ2v) is 15.2. The van der Waals surface area contributed by atoms with Crippen LogP contribution in [0.5, 0.6) is 0 Å². The van der Waals surface area contributed by atoms with Crippen LogP contribution in [0.2, 0.25) is 5.02 Å². The van der Waals surface area contributed by atoms with Gasteiger partial charge in [-0.2, -0.15) is 24.2 Å². The molecule has 53 heavy (non-hydrogen) atoms. The molecule has 3 aromatic heterocycles. The van der Waals surface area contributed by atoms with Crippen molar-refractivity contribution in [1.29, 1.82) is 5.26 Å². The van der Waals surface area contributed by atoms with Crippen LogP contribution in [0, 0.1) is 28.9 Å². The molecule has 0 radical (unpaired) electrons. The van der Waals surface area contributed by atoms with Crippen molar-refractivity contribution in [1.82, 2.24) is 29.9 Å². The number of pyridine rings is 1. The number of nitriles is 1. The van der Waals surface area contributed by atoms with Gasteiger partial charge in [0.1, 0.15) is 35.6 Å². The Labute approximate surface area is 302 Å². The average molecular weight is 777 g/mol. The molecule has 3 unspecified atom stereocenters. The molecule has 0 saturated heterocycles.